The summed E-state index contributed by atoms with van der Waals surface area (Å²) in [5.41, 5.74) is 0.506. The van der Waals surface area contributed by atoms with E-state index >= 15 is 0 Å². The number of carbonyl (C=O) groups is 1. The minimum atomic E-state index is -0.352. The summed E-state index contributed by atoms with van der Waals surface area (Å²) < 4.78 is 10.4. The molecule has 3 heterocycles. The molecule has 5 heteroatoms. The number of aryl methyl sites for hydroxylation is 1. The van der Waals surface area contributed by atoms with Crippen molar-refractivity contribution in [2.45, 2.75) is 57.3 Å². The Morgan fingerprint density at radius 2 is 2.10 bits per heavy atom. The maximum Gasteiger partial charge on any atom is 0.341 e. The third kappa shape index (κ3) is 2.36. The first-order valence-electron chi connectivity index (χ1n) is 7.20. The molecule has 0 saturated carbocycles. The van der Waals surface area contributed by atoms with E-state index in [1.807, 2.05) is 0 Å². The predicted molar refractivity (Wildman–Crippen MR) is 72.4 cm³/mol. The van der Waals surface area contributed by atoms with E-state index in [-0.39, 0.29) is 12.1 Å². The van der Waals surface area contributed by atoms with Crippen LogP contribution in [-0.4, -0.2) is 41.3 Å². The number of methoxy groups -OCH3 is 1. The molecule has 0 aromatic carbocycles. The van der Waals surface area contributed by atoms with Crippen molar-refractivity contribution in [2.24, 2.45) is 0 Å². The molecule has 2 aliphatic rings. The standard InChI is InChI=1S/C15H21NO4/c1-9-14(15(18)19-2)7-13(20-9)8-16-10-3-4-11(16)6-12(17)5-10/h7,10-12,17H,3-6,8H2,1-2H3. The molecule has 2 unspecified atom stereocenters. The number of carbonyl (C=O) groups excluding carboxylic acids is 1. The van der Waals surface area contributed by atoms with Gasteiger partial charge in [-0.15, -0.1) is 0 Å². The van der Waals surface area contributed by atoms with Crippen molar-refractivity contribution >= 4 is 5.97 Å². The first-order chi connectivity index (χ1) is 9.58. The number of hydrogen-bond donors (Lipinski definition) is 1. The quantitative estimate of drug-likeness (QED) is 0.856. The van der Waals surface area contributed by atoms with Crippen molar-refractivity contribution in [3.05, 3.63) is 23.2 Å². The van der Waals surface area contributed by atoms with E-state index in [9.17, 15) is 9.90 Å². The van der Waals surface area contributed by atoms with E-state index < -0.39 is 0 Å². The van der Waals surface area contributed by atoms with Gasteiger partial charge in [0.25, 0.3) is 0 Å². The summed E-state index contributed by atoms with van der Waals surface area (Å²) in [5, 5.41) is 9.82. The van der Waals surface area contributed by atoms with Crippen molar-refractivity contribution < 1.29 is 19.1 Å². The van der Waals surface area contributed by atoms with Gasteiger partial charge in [-0.3, -0.25) is 4.90 Å². The second-order valence-electron chi connectivity index (χ2n) is 5.86. The largest absolute Gasteiger partial charge is 0.465 e. The topological polar surface area (TPSA) is 62.9 Å². The number of hydrogen-bond acceptors (Lipinski definition) is 5. The van der Waals surface area contributed by atoms with Gasteiger partial charge in [0.1, 0.15) is 17.1 Å². The van der Waals surface area contributed by atoms with Crippen LogP contribution < -0.4 is 0 Å². The van der Waals surface area contributed by atoms with Crippen LogP contribution in [0.15, 0.2) is 10.5 Å². The Balaban J connectivity index is 1.74. The monoisotopic (exact) mass is 279 g/mol. The Morgan fingerprint density at radius 1 is 1.45 bits per heavy atom. The highest BCUT2D eigenvalue weighted by molar-refractivity contribution is 5.90. The van der Waals surface area contributed by atoms with E-state index in [1.165, 1.54) is 7.11 Å². The van der Waals surface area contributed by atoms with Crippen LogP contribution in [0, 0.1) is 6.92 Å². The lowest BCUT2D eigenvalue weighted by Crippen LogP contribution is -2.43. The van der Waals surface area contributed by atoms with Gasteiger partial charge in [-0.1, -0.05) is 0 Å². The highest BCUT2D eigenvalue weighted by Crippen LogP contribution is 2.37. The molecular weight excluding hydrogens is 258 g/mol. The summed E-state index contributed by atoms with van der Waals surface area (Å²) in [6.45, 7) is 2.49. The zero-order chi connectivity index (χ0) is 14.3. The molecule has 110 valence electrons. The van der Waals surface area contributed by atoms with Crippen LogP contribution in [0.3, 0.4) is 0 Å². The maximum atomic E-state index is 11.6. The molecule has 2 bridgehead atoms. The molecule has 1 aromatic heterocycles. The van der Waals surface area contributed by atoms with E-state index in [0.29, 0.717) is 30.0 Å². The van der Waals surface area contributed by atoms with Gasteiger partial charge in [-0.05, 0) is 38.7 Å². The third-order valence-electron chi connectivity index (χ3n) is 4.57. The lowest BCUT2D eigenvalue weighted by molar-refractivity contribution is 0.0274. The molecule has 2 atom stereocenters. The zero-order valence-corrected chi connectivity index (χ0v) is 12.0. The van der Waals surface area contributed by atoms with Gasteiger partial charge in [0.15, 0.2) is 0 Å². The first-order valence-corrected chi connectivity index (χ1v) is 7.20. The minimum Gasteiger partial charge on any atom is -0.465 e. The van der Waals surface area contributed by atoms with Crippen molar-refractivity contribution in [2.75, 3.05) is 7.11 Å². The van der Waals surface area contributed by atoms with Crippen LogP contribution in [0.1, 0.15) is 47.6 Å². The van der Waals surface area contributed by atoms with Gasteiger partial charge >= 0.3 is 5.97 Å². The van der Waals surface area contributed by atoms with Crippen LogP contribution in [-0.2, 0) is 11.3 Å². The van der Waals surface area contributed by atoms with E-state index in [4.69, 9.17) is 9.15 Å². The second kappa shape index (κ2) is 5.22. The van der Waals surface area contributed by atoms with Crippen LogP contribution in [0.5, 0.6) is 0 Å². The van der Waals surface area contributed by atoms with Crippen LogP contribution in [0.4, 0.5) is 0 Å². The number of aliphatic hydroxyl groups is 1. The summed E-state index contributed by atoms with van der Waals surface area (Å²) >= 11 is 0. The fraction of sp³-hybridized carbons (Fsp3) is 0.667. The van der Waals surface area contributed by atoms with Crippen LogP contribution >= 0.6 is 0 Å². The lowest BCUT2D eigenvalue weighted by atomic mass is 10.00. The molecule has 3 rings (SSSR count). The molecule has 0 aliphatic carbocycles. The Bertz CT molecular complexity index is 496. The molecule has 0 radical (unpaired) electrons. The maximum absolute atomic E-state index is 11.6. The number of rotatable bonds is 3. The Morgan fingerprint density at radius 3 is 2.70 bits per heavy atom. The summed E-state index contributed by atoms with van der Waals surface area (Å²) in [4.78, 5) is 14.0. The molecule has 1 N–H and O–H groups in total. The number of piperidine rings is 1. The van der Waals surface area contributed by atoms with Crippen molar-refractivity contribution in [1.82, 2.24) is 4.90 Å². The molecule has 2 aliphatic heterocycles. The summed E-state index contributed by atoms with van der Waals surface area (Å²) in [6.07, 6.45) is 3.82. The molecular formula is C15H21NO4. The number of aliphatic hydroxyl groups excluding tert-OH is 1. The van der Waals surface area contributed by atoms with Crippen molar-refractivity contribution in [1.29, 1.82) is 0 Å². The number of nitrogens with zero attached hydrogens (tertiary/aromatic N) is 1. The molecule has 2 saturated heterocycles. The molecule has 20 heavy (non-hydrogen) atoms. The van der Waals surface area contributed by atoms with Gasteiger partial charge in [-0.25, -0.2) is 4.79 Å². The highest BCUT2D eigenvalue weighted by Gasteiger charge is 2.40. The van der Waals surface area contributed by atoms with Crippen LogP contribution in [0.2, 0.25) is 0 Å². The van der Waals surface area contributed by atoms with Gasteiger partial charge in [-0.2, -0.15) is 0 Å². The lowest BCUT2D eigenvalue weighted by Gasteiger charge is -2.36. The SMILES string of the molecule is COC(=O)c1cc(CN2C3CCC2CC(O)C3)oc1C. The smallest absolute Gasteiger partial charge is 0.341 e. The zero-order valence-electron chi connectivity index (χ0n) is 12.0. The fourth-order valence-corrected chi connectivity index (χ4v) is 3.62. The molecule has 0 spiro atoms. The highest BCUT2D eigenvalue weighted by atomic mass is 16.5. The summed E-state index contributed by atoms with van der Waals surface area (Å²) in [7, 11) is 1.38. The minimum absolute atomic E-state index is 0.160. The van der Waals surface area contributed by atoms with E-state index in [2.05, 4.69) is 4.90 Å². The Kier molecular flexibility index (Phi) is 3.56. The van der Waals surface area contributed by atoms with Crippen molar-refractivity contribution in [3.63, 3.8) is 0 Å². The normalized spacial score (nSPS) is 29.6. The first kappa shape index (κ1) is 13.6. The number of fused-ring (bicyclic) bond motifs is 2. The van der Waals surface area contributed by atoms with Crippen molar-refractivity contribution in [3.8, 4) is 0 Å². The molecule has 1 aromatic rings. The van der Waals surface area contributed by atoms with Gasteiger partial charge in [0.2, 0.25) is 0 Å². The third-order valence-corrected chi connectivity index (χ3v) is 4.57. The summed E-state index contributed by atoms with van der Waals surface area (Å²) in [5.74, 6) is 1.06. The molecule has 2 fully saturated rings. The van der Waals surface area contributed by atoms with Gasteiger partial charge < -0.3 is 14.3 Å². The summed E-state index contributed by atoms with van der Waals surface area (Å²) in [6, 6.07) is 2.66. The second-order valence-corrected chi connectivity index (χ2v) is 5.86. The average Bonchev–Trinajstić information content (AvgIpc) is 2.88. The van der Waals surface area contributed by atoms with Gasteiger partial charge in [0.05, 0.1) is 19.8 Å². The number of ether oxygens (including phenoxy) is 1. The Labute approximate surface area is 118 Å². The van der Waals surface area contributed by atoms with E-state index in [0.717, 1.165) is 31.4 Å². The van der Waals surface area contributed by atoms with Crippen LogP contribution in [0.25, 0.3) is 0 Å². The van der Waals surface area contributed by atoms with Gasteiger partial charge in [0, 0.05) is 12.1 Å². The average molecular weight is 279 g/mol. The molecule has 0 amide bonds. The number of esters is 1. The Hall–Kier alpha value is -1.33. The number of furan rings is 1. The van der Waals surface area contributed by atoms with E-state index in [1.54, 1.807) is 13.0 Å². The fourth-order valence-electron chi connectivity index (χ4n) is 3.62. The predicted octanol–water partition coefficient (Wildman–Crippen LogP) is 1.86. The molecule has 5 nitrogen and oxygen atoms in total.